The smallest absolute Gasteiger partial charge is 0.151 e. The third kappa shape index (κ3) is 2.02. The fourth-order valence-corrected chi connectivity index (χ4v) is 7.55. The van der Waals surface area contributed by atoms with Crippen molar-refractivity contribution in [3.63, 3.8) is 0 Å². The summed E-state index contributed by atoms with van der Waals surface area (Å²) in [6, 6.07) is 0. The maximum atomic E-state index is 12.3. The van der Waals surface area contributed by atoms with Crippen molar-refractivity contribution in [2.45, 2.75) is 83.1 Å². The fourth-order valence-electron chi connectivity index (χ4n) is 7.20. The quantitative estimate of drug-likeness (QED) is 0.540. The van der Waals surface area contributed by atoms with E-state index in [1.165, 1.54) is 12.0 Å². The van der Waals surface area contributed by atoms with Gasteiger partial charge < -0.3 is 5.11 Å². The SMILES string of the molecule is CC(=O)[C@@]1(Cl)CC[C@H]2[C@@H]3CC=C4C[C@@H](O)CC[C@]4(C)[C@H]3CC[C@@]21C. The second-order valence-corrected chi connectivity index (χ2v) is 10.2. The first kappa shape index (κ1) is 17.1. The van der Waals surface area contributed by atoms with Gasteiger partial charge in [0.2, 0.25) is 0 Å². The molecule has 4 aliphatic rings. The highest BCUT2D eigenvalue weighted by atomic mass is 35.5. The van der Waals surface area contributed by atoms with Crippen molar-refractivity contribution in [1.82, 2.24) is 0 Å². The summed E-state index contributed by atoms with van der Waals surface area (Å²) >= 11 is 6.94. The summed E-state index contributed by atoms with van der Waals surface area (Å²) in [5.74, 6) is 2.10. The number of aliphatic hydroxyl groups is 1. The Balaban J connectivity index is 1.69. The third-order valence-corrected chi connectivity index (χ3v) is 9.62. The van der Waals surface area contributed by atoms with Gasteiger partial charge in [-0.15, -0.1) is 11.6 Å². The van der Waals surface area contributed by atoms with Crippen LogP contribution in [0.15, 0.2) is 11.6 Å². The highest BCUT2D eigenvalue weighted by molar-refractivity contribution is 6.35. The molecule has 0 radical (unpaired) electrons. The molecule has 4 rings (SSSR count). The van der Waals surface area contributed by atoms with Gasteiger partial charge in [0.25, 0.3) is 0 Å². The van der Waals surface area contributed by atoms with Gasteiger partial charge in [-0.2, -0.15) is 0 Å². The van der Waals surface area contributed by atoms with Crippen LogP contribution in [0.5, 0.6) is 0 Å². The summed E-state index contributed by atoms with van der Waals surface area (Å²) in [4.78, 5) is 11.7. The van der Waals surface area contributed by atoms with Crippen LogP contribution in [-0.4, -0.2) is 21.9 Å². The van der Waals surface area contributed by atoms with Gasteiger partial charge in [-0.05, 0) is 86.9 Å². The summed E-state index contributed by atoms with van der Waals surface area (Å²) in [6.45, 7) is 6.43. The van der Waals surface area contributed by atoms with E-state index in [-0.39, 0.29) is 22.7 Å². The van der Waals surface area contributed by atoms with E-state index in [1.807, 2.05) is 0 Å². The van der Waals surface area contributed by atoms with Gasteiger partial charge in [-0.1, -0.05) is 25.5 Å². The minimum absolute atomic E-state index is 0.0442. The first-order valence-electron chi connectivity index (χ1n) is 9.80. The number of rotatable bonds is 1. The molecular formula is C21H31ClO2. The van der Waals surface area contributed by atoms with Gasteiger partial charge in [-0.3, -0.25) is 4.79 Å². The number of aliphatic hydroxyl groups excluding tert-OH is 1. The van der Waals surface area contributed by atoms with Gasteiger partial charge in [0.1, 0.15) is 4.87 Å². The minimum atomic E-state index is -0.643. The lowest BCUT2D eigenvalue weighted by Gasteiger charge is -2.58. The Kier molecular flexibility index (Phi) is 3.80. The number of halogens is 1. The molecule has 0 aromatic heterocycles. The van der Waals surface area contributed by atoms with Gasteiger partial charge in [0.05, 0.1) is 6.10 Å². The average molecular weight is 351 g/mol. The van der Waals surface area contributed by atoms with Crippen molar-refractivity contribution in [3.8, 4) is 0 Å². The minimum Gasteiger partial charge on any atom is -0.393 e. The number of ketones is 1. The molecule has 24 heavy (non-hydrogen) atoms. The maximum Gasteiger partial charge on any atom is 0.151 e. The monoisotopic (exact) mass is 350 g/mol. The zero-order valence-corrected chi connectivity index (χ0v) is 16.0. The van der Waals surface area contributed by atoms with E-state index in [4.69, 9.17) is 11.6 Å². The lowest BCUT2D eigenvalue weighted by atomic mass is 9.47. The lowest BCUT2D eigenvalue weighted by Crippen LogP contribution is -2.54. The molecule has 3 fully saturated rings. The standard InChI is InChI=1S/C21H31ClO2/c1-13(23)21(22)11-8-18-16-5-4-14-12-15(24)6-9-19(14,2)17(16)7-10-20(18,21)3/h4,15-18,24H,5-12H2,1-3H3/t15-,16+,17-,18-,19-,20-,21-/m0/s1. The Morgan fingerprint density at radius 3 is 2.58 bits per heavy atom. The Bertz CT molecular complexity index is 599. The van der Waals surface area contributed by atoms with Crippen LogP contribution in [-0.2, 0) is 4.79 Å². The number of Topliss-reactive ketones (excluding diaryl/α,β-unsaturated/α-hetero) is 1. The number of carbonyl (C=O) groups excluding carboxylic acids is 1. The molecule has 0 aromatic rings. The van der Waals surface area contributed by atoms with Gasteiger partial charge in [-0.25, -0.2) is 0 Å². The summed E-state index contributed by atoms with van der Waals surface area (Å²) in [5, 5.41) is 10.1. The van der Waals surface area contributed by atoms with E-state index in [9.17, 15) is 9.90 Å². The first-order valence-corrected chi connectivity index (χ1v) is 10.2. The van der Waals surface area contributed by atoms with Crippen molar-refractivity contribution in [2.75, 3.05) is 0 Å². The summed E-state index contributed by atoms with van der Waals surface area (Å²) in [7, 11) is 0. The first-order chi connectivity index (χ1) is 11.2. The van der Waals surface area contributed by atoms with E-state index >= 15 is 0 Å². The highest BCUT2D eigenvalue weighted by Crippen LogP contribution is 2.68. The fraction of sp³-hybridized carbons (Fsp3) is 0.857. The topological polar surface area (TPSA) is 37.3 Å². The van der Waals surface area contributed by atoms with Crippen molar-refractivity contribution in [2.24, 2.45) is 28.6 Å². The number of alkyl halides is 1. The van der Waals surface area contributed by atoms with Crippen LogP contribution >= 0.6 is 11.6 Å². The Morgan fingerprint density at radius 1 is 1.17 bits per heavy atom. The molecule has 3 heteroatoms. The summed E-state index contributed by atoms with van der Waals surface area (Å²) in [5.41, 5.74) is 1.72. The molecular weight excluding hydrogens is 320 g/mol. The second kappa shape index (κ2) is 5.33. The molecule has 3 saturated carbocycles. The van der Waals surface area contributed by atoms with Crippen molar-refractivity contribution < 1.29 is 9.90 Å². The van der Waals surface area contributed by atoms with Crippen LogP contribution in [0.2, 0.25) is 0 Å². The molecule has 134 valence electrons. The van der Waals surface area contributed by atoms with Crippen molar-refractivity contribution >= 4 is 17.4 Å². The Labute approximate surface area is 151 Å². The van der Waals surface area contributed by atoms with Gasteiger partial charge in [0, 0.05) is 0 Å². The number of allylic oxidation sites excluding steroid dienone is 1. The zero-order chi connectivity index (χ0) is 17.3. The predicted octanol–water partition coefficient (Wildman–Crippen LogP) is 4.88. The van der Waals surface area contributed by atoms with Gasteiger partial charge in [0.15, 0.2) is 5.78 Å². The van der Waals surface area contributed by atoms with E-state index in [2.05, 4.69) is 19.9 Å². The molecule has 2 nitrogen and oxygen atoms in total. The highest BCUT2D eigenvalue weighted by Gasteiger charge is 2.65. The van der Waals surface area contributed by atoms with Crippen LogP contribution < -0.4 is 0 Å². The maximum absolute atomic E-state index is 12.3. The van der Waals surface area contributed by atoms with Crippen molar-refractivity contribution in [3.05, 3.63) is 11.6 Å². The molecule has 0 heterocycles. The molecule has 4 aliphatic carbocycles. The lowest BCUT2D eigenvalue weighted by molar-refractivity contribution is -0.125. The normalized spacial score (nSPS) is 53.6. The van der Waals surface area contributed by atoms with Crippen molar-refractivity contribution in [1.29, 1.82) is 0 Å². The number of carbonyl (C=O) groups is 1. The summed E-state index contributed by atoms with van der Waals surface area (Å²) < 4.78 is 0. The Morgan fingerprint density at radius 2 is 1.88 bits per heavy atom. The molecule has 0 amide bonds. The number of fused-ring (bicyclic) bond motifs is 5. The molecule has 7 atom stereocenters. The number of hydrogen-bond acceptors (Lipinski definition) is 2. The molecule has 0 bridgehead atoms. The van der Waals surface area contributed by atoms with Crippen LogP contribution in [0.4, 0.5) is 0 Å². The predicted molar refractivity (Wildman–Crippen MR) is 97.0 cm³/mol. The Hall–Kier alpha value is -0.340. The molecule has 0 aliphatic heterocycles. The van der Waals surface area contributed by atoms with Crippen LogP contribution in [0.25, 0.3) is 0 Å². The van der Waals surface area contributed by atoms with Crippen LogP contribution in [0.3, 0.4) is 0 Å². The van der Waals surface area contributed by atoms with Gasteiger partial charge >= 0.3 is 0 Å². The molecule has 0 saturated heterocycles. The van der Waals surface area contributed by atoms with Crippen LogP contribution in [0, 0.1) is 28.6 Å². The summed E-state index contributed by atoms with van der Waals surface area (Å²) in [6.07, 6.45) is 10.5. The van der Waals surface area contributed by atoms with E-state index in [0.29, 0.717) is 17.8 Å². The second-order valence-electron chi connectivity index (χ2n) is 9.51. The van der Waals surface area contributed by atoms with E-state index in [1.54, 1.807) is 6.92 Å². The molecule has 0 spiro atoms. The molecule has 0 aromatic carbocycles. The van der Waals surface area contributed by atoms with E-state index in [0.717, 1.165) is 44.9 Å². The van der Waals surface area contributed by atoms with Crippen LogP contribution in [0.1, 0.15) is 72.1 Å². The largest absolute Gasteiger partial charge is 0.393 e. The average Bonchev–Trinajstić information content (AvgIpc) is 2.81. The third-order valence-electron chi connectivity index (χ3n) is 8.73. The van der Waals surface area contributed by atoms with E-state index < -0.39 is 4.87 Å². The zero-order valence-electron chi connectivity index (χ0n) is 15.3. The molecule has 1 N–H and O–H groups in total. The molecule has 0 unspecified atom stereocenters. The number of hydrogen-bond donors (Lipinski definition) is 1.